The molecular weight excluding hydrogens is 372 g/mol. The molecule has 0 spiro atoms. The van der Waals surface area contributed by atoms with Crippen molar-refractivity contribution in [1.82, 2.24) is 10.0 Å². The molecule has 0 fully saturated rings. The number of aryl methyl sites for hydroxylation is 1. The van der Waals surface area contributed by atoms with Crippen molar-refractivity contribution < 1.29 is 13.2 Å². The molecule has 0 unspecified atom stereocenters. The van der Waals surface area contributed by atoms with Crippen LogP contribution in [0.1, 0.15) is 28.3 Å². The molecule has 0 bridgehead atoms. The second kappa shape index (κ2) is 8.71. The Morgan fingerprint density at radius 1 is 0.821 bits per heavy atom. The topological polar surface area (TPSA) is 75.3 Å². The molecule has 2 amide bonds. The summed E-state index contributed by atoms with van der Waals surface area (Å²) in [6, 6.07) is 24.8. The summed E-state index contributed by atoms with van der Waals surface area (Å²) in [5, 5.41) is 2.77. The van der Waals surface area contributed by atoms with E-state index in [-0.39, 0.29) is 5.75 Å². The lowest BCUT2D eigenvalue weighted by Crippen LogP contribution is -2.42. The molecule has 0 heterocycles. The van der Waals surface area contributed by atoms with Crippen molar-refractivity contribution in [3.05, 3.63) is 107 Å². The van der Waals surface area contributed by atoms with Gasteiger partial charge in [-0.1, -0.05) is 90.5 Å². The Labute approximate surface area is 165 Å². The molecule has 5 nitrogen and oxygen atoms in total. The average molecular weight is 394 g/mol. The highest BCUT2D eigenvalue weighted by atomic mass is 32.2. The van der Waals surface area contributed by atoms with Crippen molar-refractivity contribution in [2.75, 3.05) is 0 Å². The number of carbonyl (C=O) groups is 1. The molecule has 0 aliphatic heterocycles. The van der Waals surface area contributed by atoms with Crippen LogP contribution in [0.4, 0.5) is 4.79 Å². The third-order valence-corrected chi connectivity index (χ3v) is 5.48. The Kier molecular flexibility index (Phi) is 6.11. The summed E-state index contributed by atoms with van der Waals surface area (Å²) >= 11 is 0. The SMILES string of the molecule is Cc1ccc(CS(=O)(=O)NC(=O)NC(c2ccccc2)c2ccccc2)cc1. The Hall–Kier alpha value is -3.12. The number of benzene rings is 3. The minimum atomic E-state index is -3.82. The first kappa shape index (κ1) is 19.6. The maximum atomic E-state index is 12.5. The molecule has 3 rings (SSSR count). The van der Waals surface area contributed by atoms with Gasteiger partial charge in [0.25, 0.3) is 0 Å². The molecule has 2 N–H and O–H groups in total. The maximum Gasteiger partial charge on any atom is 0.329 e. The predicted molar refractivity (Wildman–Crippen MR) is 110 cm³/mol. The molecule has 28 heavy (non-hydrogen) atoms. The van der Waals surface area contributed by atoms with Gasteiger partial charge in [0.2, 0.25) is 10.0 Å². The van der Waals surface area contributed by atoms with Gasteiger partial charge in [0.1, 0.15) is 0 Å². The number of hydrogen-bond donors (Lipinski definition) is 2. The van der Waals surface area contributed by atoms with Gasteiger partial charge in [-0.2, -0.15) is 0 Å². The standard InChI is InChI=1S/C22H22N2O3S/c1-17-12-14-18(15-13-17)16-28(26,27)24-22(25)23-21(19-8-4-2-5-9-19)20-10-6-3-7-11-20/h2-15,21H,16H2,1H3,(H2,23,24,25). The average Bonchev–Trinajstić information content (AvgIpc) is 2.69. The van der Waals surface area contributed by atoms with E-state index in [0.717, 1.165) is 16.7 Å². The molecule has 144 valence electrons. The highest BCUT2D eigenvalue weighted by Crippen LogP contribution is 2.21. The fourth-order valence-corrected chi connectivity index (χ4v) is 3.94. The zero-order valence-electron chi connectivity index (χ0n) is 15.5. The molecular formula is C22H22N2O3S. The van der Waals surface area contributed by atoms with Crippen molar-refractivity contribution in [2.24, 2.45) is 0 Å². The van der Waals surface area contributed by atoms with Gasteiger partial charge in [-0.15, -0.1) is 0 Å². The van der Waals surface area contributed by atoms with Gasteiger partial charge in [-0.05, 0) is 23.6 Å². The van der Waals surface area contributed by atoms with E-state index >= 15 is 0 Å². The molecule has 0 aliphatic rings. The van der Waals surface area contributed by atoms with Crippen molar-refractivity contribution >= 4 is 16.1 Å². The van der Waals surface area contributed by atoms with Crippen molar-refractivity contribution in [3.8, 4) is 0 Å². The van der Waals surface area contributed by atoms with Crippen molar-refractivity contribution in [3.63, 3.8) is 0 Å². The first-order chi connectivity index (χ1) is 13.4. The number of nitrogens with one attached hydrogen (secondary N) is 2. The highest BCUT2D eigenvalue weighted by Gasteiger charge is 2.20. The molecule has 0 radical (unpaired) electrons. The smallest absolute Gasteiger partial charge is 0.326 e. The van der Waals surface area contributed by atoms with Gasteiger partial charge in [0.15, 0.2) is 0 Å². The van der Waals surface area contributed by atoms with Gasteiger partial charge >= 0.3 is 6.03 Å². The summed E-state index contributed by atoms with van der Waals surface area (Å²) in [7, 11) is -3.82. The fraction of sp³-hybridized carbons (Fsp3) is 0.136. The molecule has 6 heteroatoms. The monoisotopic (exact) mass is 394 g/mol. The van der Waals surface area contributed by atoms with Crippen molar-refractivity contribution in [2.45, 2.75) is 18.7 Å². The van der Waals surface area contributed by atoms with Crippen LogP contribution in [0.25, 0.3) is 0 Å². The minimum absolute atomic E-state index is 0.262. The largest absolute Gasteiger partial charge is 0.329 e. The first-order valence-corrected chi connectivity index (χ1v) is 10.5. The normalized spacial score (nSPS) is 11.2. The molecule has 0 aliphatic carbocycles. The van der Waals surface area contributed by atoms with Crippen LogP contribution in [0, 0.1) is 6.92 Å². The minimum Gasteiger partial charge on any atom is -0.326 e. The van der Waals surface area contributed by atoms with Crippen LogP contribution in [-0.4, -0.2) is 14.4 Å². The lowest BCUT2D eigenvalue weighted by molar-refractivity contribution is 0.243. The van der Waals surface area contributed by atoms with Crippen LogP contribution in [0.5, 0.6) is 0 Å². The van der Waals surface area contributed by atoms with E-state index in [9.17, 15) is 13.2 Å². The second-order valence-electron chi connectivity index (χ2n) is 6.57. The molecule has 0 atom stereocenters. The summed E-state index contributed by atoms with van der Waals surface area (Å²) in [5.74, 6) is -0.262. The number of amides is 2. The number of rotatable bonds is 6. The Balaban J connectivity index is 1.74. The molecule has 3 aromatic carbocycles. The van der Waals surface area contributed by atoms with Gasteiger partial charge in [-0.3, -0.25) is 0 Å². The third-order valence-electron chi connectivity index (χ3n) is 4.27. The summed E-state index contributed by atoms with van der Waals surface area (Å²) in [4.78, 5) is 12.5. The molecule has 0 saturated heterocycles. The zero-order valence-corrected chi connectivity index (χ0v) is 16.3. The van der Waals surface area contributed by atoms with E-state index < -0.39 is 22.1 Å². The van der Waals surface area contributed by atoms with Gasteiger partial charge < -0.3 is 5.32 Å². The maximum absolute atomic E-state index is 12.5. The van der Waals surface area contributed by atoms with Crippen molar-refractivity contribution in [1.29, 1.82) is 0 Å². The van der Waals surface area contributed by atoms with E-state index in [1.807, 2.05) is 79.7 Å². The predicted octanol–water partition coefficient (Wildman–Crippen LogP) is 3.91. The summed E-state index contributed by atoms with van der Waals surface area (Å²) in [5.41, 5.74) is 3.38. The van der Waals surface area contributed by atoms with Gasteiger partial charge in [-0.25, -0.2) is 17.9 Å². The van der Waals surface area contributed by atoms with Crippen LogP contribution in [0.2, 0.25) is 0 Å². The molecule has 3 aromatic rings. The first-order valence-electron chi connectivity index (χ1n) is 8.89. The van der Waals surface area contributed by atoms with Crippen LogP contribution in [-0.2, 0) is 15.8 Å². The molecule has 0 aromatic heterocycles. The number of sulfonamides is 1. The Bertz CT molecular complexity index is 979. The fourth-order valence-electron chi connectivity index (χ4n) is 2.89. The Morgan fingerprint density at radius 3 is 1.82 bits per heavy atom. The zero-order chi connectivity index (χ0) is 20.0. The van der Waals surface area contributed by atoms with Crippen LogP contribution in [0.15, 0.2) is 84.9 Å². The number of urea groups is 1. The van der Waals surface area contributed by atoms with Gasteiger partial charge in [0, 0.05) is 0 Å². The lowest BCUT2D eigenvalue weighted by Gasteiger charge is -2.20. The van der Waals surface area contributed by atoms with Gasteiger partial charge in [0.05, 0.1) is 11.8 Å². The lowest BCUT2D eigenvalue weighted by atomic mass is 9.99. The number of hydrogen-bond acceptors (Lipinski definition) is 3. The van der Waals surface area contributed by atoms with E-state index in [0.29, 0.717) is 5.56 Å². The third kappa shape index (κ3) is 5.44. The quantitative estimate of drug-likeness (QED) is 0.665. The summed E-state index contributed by atoms with van der Waals surface area (Å²) in [6.45, 7) is 1.93. The second-order valence-corrected chi connectivity index (χ2v) is 8.30. The van der Waals surface area contributed by atoms with E-state index in [4.69, 9.17) is 0 Å². The van der Waals surface area contributed by atoms with Crippen LogP contribution in [0.3, 0.4) is 0 Å². The summed E-state index contributed by atoms with van der Waals surface area (Å²) in [6.07, 6.45) is 0. The van der Waals surface area contributed by atoms with E-state index in [2.05, 4.69) is 10.0 Å². The van der Waals surface area contributed by atoms with Crippen LogP contribution >= 0.6 is 0 Å². The van der Waals surface area contributed by atoms with Crippen LogP contribution < -0.4 is 10.0 Å². The Morgan fingerprint density at radius 2 is 1.32 bits per heavy atom. The highest BCUT2D eigenvalue weighted by molar-refractivity contribution is 7.89. The summed E-state index contributed by atoms with van der Waals surface area (Å²) < 4.78 is 26.9. The van der Waals surface area contributed by atoms with E-state index in [1.54, 1.807) is 12.1 Å². The van der Waals surface area contributed by atoms with E-state index in [1.165, 1.54) is 0 Å². The molecule has 0 saturated carbocycles. The number of carbonyl (C=O) groups excluding carboxylic acids is 1.